The number of hydrogen-bond acceptors (Lipinski definition) is 3. The molecule has 28 heavy (non-hydrogen) atoms. The third kappa shape index (κ3) is 3.24. The smallest absolute Gasteiger partial charge is 0.196 e. The van der Waals surface area contributed by atoms with Crippen molar-refractivity contribution < 1.29 is 38.4 Å². The molecule has 1 aromatic rings. The molecule has 0 radical (unpaired) electrons. The number of fused-ring (bicyclic) bond motifs is 1. The van der Waals surface area contributed by atoms with Crippen molar-refractivity contribution in [3.05, 3.63) is 34.2 Å². The van der Waals surface area contributed by atoms with Gasteiger partial charge in [0.05, 0.1) is 0 Å². The fourth-order valence-corrected chi connectivity index (χ4v) is 8.06. The van der Waals surface area contributed by atoms with Gasteiger partial charge in [0.25, 0.3) is 0 Å². The van der Waals surface area contributed by atoms with Crippen LogP contribution in [0.4, 0.5) is 26.3 Å². The number of hydrogen-bond donors (Lipinski definition) is 0. The zero-order chi connectivity index (χ0) is 21.1. The van der Waals surface area contributed by atoms with E-state index < -0.39 is 47.2 Å². The van der Waals surface area contributed by atoms with E-state index in [0.717, 1.165) is 12.1 Å². The Morgan fingerprint density at radius 3 is 2.14 bits per heavy atom. The van der Waals surface area contributed by atoms with Crippen molar-refractivity contribution in [3.63, 3.8) is 0 Å². The second-order valence-electron chi connectivity index (χ2n) is 7.10. The van der Waals surface area contributed by atoms with Crippen molar-refractivity contribution >= 4 is 26.5 Å². The van der Waals surface area contributed by atoms with Gasteiger partial charge in [-0.15, -0.1) is 0 Å². The molecule has 1 aliphatic heterocycles. The van der Waals surface area contributed by atoms with Crippen LogP contribution in [0, 0.1) is 5.92 Å². The van der Waals surface area contributed by atoms with Gasteiger partial charge in [0.1, 0.15) is 0 Å². The Balaban J connectivity index is 2.29. The molecule has 2 aliphatic rings. The minimum atomic E-state index is -6.47. The van der Waals surface area contributed by atoms with Gasteiger partial charge in [-0.2, -0.15) is 38.4 Å². The predicted octanol–water partition coefficient (Wildman–Crippen LogP) is 6.43. The van der Waals surface area contributed by atoms with Gasteiger partial charge in [0.15, 0.2) is 0 Å². The normalized spacial score (nSPS) is 25.8. The highest BCUT2D eigenvalue weighted by atomic mass is 32.3. The van der Waals surface area contributed by atoms with Crippen LogP contribution in [-0.4, -0.2) is 19.4 Å². The summed E-state index contributed by atoms with van der Waals surface area (Å²) in [6, 6.07) is 4.10. The fraction of sp³-hybridized carbons (Fsp3) is 0.529. The summed E-state index contributed by atoms with van der Waals surface area (Å²) < 4.78 is 110. The molecule has 1 fully saturated rings. The van der Waals surface area contributed by atoms with Crippen LogP contribution in [0.25, 0.3) is 6.08 Å². The van der Waals surface area contributed by atoms with Crippen LogP contribution in [0.1, 0.15) is 50.2 Å². The van der Waals surface area contributed by atoms with Crippen LogP contribution in [0.2, 0.25) is 0 Å². The molecule has 158 valence electrons. The Bertz CT molecular complexity index is 914. The maximum atomic E-state index is 14.4. The van der Waals surface area contributed by atoms with Crippen molar-refractivity contribution in [3.8, 4) is 0 Å². The third-order valence-corrected chi connectivity index (χ3v) is 9.79. The zero-order valence-electron chi connectivity index (χ0n) is 14.9. The molecule has 1 saturated carbocycles. The average Bonchev–Trinajstić information content (AvgIpc) is 2.78. The van der Waals surface area contributed by atoms with Crippen LogP contribution in [0.5, 0.6) is 0 Å². The maximum Gasteiger partial charge on any atom is 0.523 e. The summed E-state index contributed by atoms with van der Waals surface area (Å²) in [6.45, 7) is 3.43. The van der Waals surface area contributed by atoms with E-state index in [1.54, 1.807) is 19.9 Å². The van der Waals surface area contributed by atoms with E-state index in [1.165, 1.54) is 6.07 Å². The van der Waals surface area contributed by atoms with E-state index in [9.17, 15) is 34.8 Å². The molecule has 0 saturated heterocycles. The largest absolute Gasteiger partial charge is 0.523 e. The molecular weight excluding hydrogens is 430 g/mol. The lowest BCUT2D eigenvalue weighted by Crippen LogP contribution is -2.34. The average molecular weight is 448 g/mol. The van der Waals surface area contributed by atoms with E-state index in [1.807, 2.05) is 0 Å². The first-order valence-electron chi connectivity index (χ1n) is 8.48. The molecule has 0 bridgehead atoms. The van der Waals surface area contributed by atoms with E-state index in [-0.39, 0.29) is 11.5 Å². The van der Waals surface area contributed by atoms with Gasteiger partial charge in [-0.05, 0) is 47.9 Å². The van der Waals surface area contributed by atoms with Gasteiger partial charge in [0.2, 0.25) is 0 Å². The Morgan fingerprint density at radius 1 is 1.11 bits per heavy atom. The fourth-order valence-electron chi connectivity index (χ4n) is 3.23. The van der Waals surface area contributed by atoms with E-state index >= 15 is 0 Å². The highest BCUT2D eigenvalue weighted by molar-refractivity contribution is 8.37. The summed E-state index contributed by atoms with van der Waals surface area (Å²) in [5.74, 6) is -0.863. The first-order chi connectivity index (χ1) is 12.7. The first kappa shape index (κ1) is 21.5. The summed E-state index contributed by atoms with van der Waals surface area (Å²) in [5.41, 5.74) is -10.8. The second kappa shape index (κ2) is 6.66. The molecule has 1 atom stereocenters. The van der Waals surface area contributed by atoms with Crippen molar-refractivity contribution in [1.29, 1.82) is 0 Å². The van der Waals surface area contributed by atoms with Gasteiger partial charge >= 0.3 is 21.1 Å². The Kier molecular flexibility index (Phi) is 5.12. The van der Waals surface area contributed by atoms with E-state index in [4.69, 9.17) is 0 Å². The maximum absolute atomic E-state index is 14.4. The van der Waals surface area contributed by atoms with Gasteiger partial charge in [-0.1, -0.05) is 32.4 Å². The molecule has 1 aliphatic carbocycles. The first-order valence-corrected chi connectivity index (χ1v) is 11.4. The highest BCUT2D eigenvalue weighted by Gasteiger charge is 2.65. The molecular formula is C17H18F6O3S2. The van der Waals surface area contributed by atoms with Crippen molar-refractivity contribution in [2.45, 2.75) is 54.9 Å². The molecule has 0 N–H and O–H groups in total. The van der Waals surface area contributed by atoms with Gasteiger partial charge in [-0.3, -0.25) is 0 Å². The van der Waals surface area contributed by atoms with Crippen LogP contribution >= 0.6 is 10.3 Å². The zero-order valence-corrected chi connectivity index (χ0v) is 16.5. The summed E-state index contributed by atoms with van der Waals surface area (Å²) in [5, 5.41) is 0. The number of benzene rings is 1. The highest BCUT2D eigenvalue weighted by Crippen LogP contribution is 2.80. The SMILES string of the molecule is CC(C)c1ccc2c(c1)S(OS(=O)(=O)C(F)(F)F)(C(F)(F)F)C(C1CCC1)=C2. The number of allylic oxidation sites excluding steroid dienone is 1. The topological polar surface area (TPSA) is 43.4 Å². The van der Waals surface area contributed by atoms with Crippen LogP contribution < -0.4 is 0 Å². The van der Waals surface area contributed by atoms with Gasteiger partial charge < -0.3 is 0 Å². The lowest BCUT2D eigenvalue weighted by Gasteiger charge is -2.43. The quantitative estimate of drug-likeness (QED) is 0.394. The minimum absolute atomic E-state index is 0.0519. The summed E-state index contributed by atoms with van der Waals surface area (Å²) in [6.07, 6.45) is 2.47. The Morgan fingerprint density at radius 2 is 1.71 bits per heavy atom. The van der Waals surface area contributed by atoms with Crippen molar-refractivity contribution in [2.24, 2.45) is 5.92 Å². The molecule has 1 aromatic carbocycles. The van der Waals surface area contributed by atoms with Crippen molar-refractivity contribution in [1.82, 2.24) is 0 Å². The standard InChI is InChI=1S/C17H18F6O3S2/c1-10(2)12-6-7-13-9-14(11-4-3-5-11)27(15(13)8-12,16(18,19)20)26-28(24,25)17(21,22)23/h6-11H,3-5H2,1-2H3. The summed E-state index contributed by atoms with van der Waals surface area (Å²) in [4.78, 5) is -0.920. The van der Waals surface area contributed by atoms with E-state index in [0.29, 0.717) is 24.8 Å². The molecule has 3 nitrogen and oxygen atoms in total. The molecule has 0 amide bonds. The van der Waals surface area contributed by atoms with E-state index in [2.05, 4.69) is 3.63 Å². The number of halogens is 6. The molecule has 0 aromatic heterocycles. The lowest BCUT2D eigenvalue weighted by molar-refractivity contribution is -0.0547. The minimum Gasteiger partial charge on any atom is -0.196 e. The lowest BCUT2D eigenvalue weighted by atomic mass is 9.84. The van der Waals surface area contributed by atoms with Crippen LogP contribution in [0.15, 0.2) is 28.0 Å². The van der Waals surface area contributed by atoms with Gasteiger partial charge in [0, 0.05) is 20.1 Å². The molecule has 11 heteroatoms. The number of alkyl halides is 6. The number of rotatable bonds is 4. The summed E-state index contributed by atoms with van der Waals surface area (Å²) in [7, 11) is -11.4. The molecule has 0 spiro atoms. The van der Waals surface area contributed by atoms with Gasteiger partial charge in [-0.25, -0.2) is 0 Å². The molecule has 3 rings (SSSR count). The Hall–Kier alpha value is -1.20. The third-order valence-electron chi connectivity index (χ3n) is 4.95. The monoisotopic (exact) mass is 448 g/mol. The summed E-state index contributed by atoms with van der Waals surface area (Å²) >= 11 is 0. The molecule has 1 unspecified atom stereocenters. The molecule has 1 heterocycles. The van der Waals surface area contributed by atoms with Crippen LogP contribution in [-0.2, 0) is 13.7 Å². The Labute approximate surface area is 160 Å². The van der Waals surface area contributed by atoms with Crippen LogP contribution in [0.3, 0.4) is 0 Å². The van der Waals surface area contributed by atoms with Crippen molar-refractivity contribution in [2.75, 3.05) is 0 Å². The second-order valence-corrected chi connectivity index (χ2v) is 11.5. The predicted molar refractivity (Wildman–Crippen MR) is 93.8 cm³/mol.